The molecule has 27 heavy (non-hydrogen) atoms. The number of rotatable bonds is 6. The number of hydrogen-bond acceptors (Lipinski definition) is 4. The van der Waals surface area contributed by atoms with E-state index in [1.807, 2.05) is 23.1 Å². The normalized spacial score (nSPS) is 17.3. The summed E-state index contributed by atoms with van der Waals surface area (Å²) in [5, 5.41) is 0. The number of piperazine rings is 1. The quantitative estimate of drug-likeness (QED) is 0.789. The molecular formula is C22H27N3O2. The highest BCUT2D eigenvalue weighted by atomic mass is 16.5. The molecule has 2 aromatic rings. The first-order valence-corrected chi connectivity index (χ1v) is 9.73. The van der Waals surface area contributed by atoms with Crippen LogP contribution in [-0.4, -0.2) is 62.1 Å². The molecule has 2 heterocycles. The summed E-state index contributed by atoms with van der Waals surface area (Å²) < 4.78 is 5.24. The predicted octanol–water partition coefficient (Wildman–Crippen LogP) is 2.86. The Hall–Kier alpha value is -2.53. The van der Waals surface area contributed by atoms with Gasteiger partial charge in [-0.3, -0.25) is 9.69 Å². The molecule has 2 aliphatic heterocycles. The number of para-hydroxylation sites is 1. The molecule has 2 aromatic carbocycles. The van der Waals surface area contributed by atoms with Crippen molar-refractivity contribution < 1.29 is 9.53 Å². The first-order chi connectivity index (χ1) is 13.2. The molecule has 0 saturated carbocycles. The third-order valence-corrected chi connectivity index (χ3v) is 5.59. The molecule has 4 rings (SSSR count). The van der Waals surface area contributed by atoms with Gasteiger partial charge < -0.3 is 14.5 Å². The van der Waals surface area contributed by atoms with Crippen LogP contribution in [0.15, 0.2) is 48.5 Å². The van der Waals surface area contributed by atoms with Crippen molar-refractivity contribution in [1.82, 2.24) is 9.80 Å². The maximum Gasteiger partial charge on any atom is 0.254 e. The van der Waals surface area contributed by atoms with Crippen LogP contribution in [0.3, 0.4) is 0 Å². The molecule has 1 amide bonds. The van der Waals surface area contributed by atoms with Crippen LogP contribution < -0.4 is 9.64 Å². The summed E-state index contributed by atoms with van der Waals surface area (Å²) in [4.78, 5) is 19.5. The highest BCUT2D eigenvalue weighted by molar-refractivity contribution is 5.98. The Labute approximate surface area is 161 Å². The second kappa shape index (κ2) is 8.01. The van der Waals surface area contributed by atoms with Crippen molar-refractivity contribution in [3.63, 3.8) is 0 Å². The van der Waals surface area contributed by atoms with Gasteiger partial charge in [-0.15, -0.1) is 0 Å². The average Bonchev–Trinajstić information content (AvgIpc) is 3.04. The number of ether oxygens (including phenoxy) is 1. The molecule has 0 N–H and O–H groups in total. The molecule has 0 aromatic heterocycles. The molecule has 5 nitrogen and oxygen atoms in total. The number of hydrogen-bond donors (Lipinski definition) is 0. The SMILES string of the molecule is COc1ccc2c(c1)C(=O)N(CCCN1CCN(c3ccccc3)CC1)C2. The lowest BCUT2D eigenvalue weighted by Gasteiger charge is -2.36. The second-order valence-electron chi connectivity index (χ2n) is 7.27. The van der Waals surface area contributed by atoms with Crippen LogP contribution >= 0.6 is 0 Å². The molecule has 1 saturated heterocycles. The zero-order valence-corrected chi connectivity index (χ0v) is 15.9. The van der Waals surface area contributed by atoms with E-state index >= 15 is 0 Å². The average molecular weight is 365 g/mol. The zero-order chi connectivity index (χ0) is 18.6. The maximum atomic E-state index is 12.6. The van der Waals surface area contributed by atoms with Gasteiger partial charge in [0.15, 0.2) is 0 Å². The molecule has 0 unspecified atom stereocenters. The van der Waals surface area contributed by atoms with Gasteiger partial charge in [-0.05, 0) is 42.8 Å². The van der Waals surface area contributed by atoms with Gasteiger partial charge in [-0.25, -0.2) is 0 Å². The van der Waals surface area contributed by atoms with E-state index in [1.54, 1.807) is 7.11 Å². The summed E-state index contributed by atoms with van der Waals surface area (Å²) in [5.74, 6) is 0.887. The van der Waals surface area contributed by atoms with Crippen LogP contribution in [0.25, 0.3) is 0 Å². The summed E-state index contributed by atoms with van der Waals surface area (Å²) in [5.41, 5.74) is 3.22. The van der Waals surface area contributed by atoms with Gasteiger partial charge in [0, 0.05) is 50.5 Å². The van der Waals surface area contributed by atoms with Crippen LogP contribution in [-0.2, 0) is 6.54 Å². The number of fused-ring (bicyclic) bond motifs is 1. The third-order valence-electron chi connectivity index (χ3n) is 5.59. The number of benzene rings is 2. The number of carbonyl (C=O) groups is 1. The van der Waals surface area contributed by atoms with E-state index in [2.05, 4.69) is 40.1 Å². The van der Waals surface area contributed by atoms with E-state index in [0.29, 0.717) is 0 Å². The fourth-order valence-electron chi connectivity index (χ4n) is 4.00. The molecule has 5 heteroatoms. The van der Waals surface area contributed by atoms with Crippen molar-refractivity contribution >= 4 is 11.6 Å². The predicted molar refractivity (Wildman–Crippen MR) is 107 cm³/mol. The molecule has 0 radical (unpaired) electrons. The molecule has 0 bridgehead atoms. The van der Waals surface area contributed by atoms with Gasteiger partial charge in [0.25, 0.3) is 5.91 Å². The second-order valence-corrected chi connectivity index (χ2v) is 7.27. The minimum atomic E-state index is 0.137. The zero-order valence-electron chi connectivity index (χ0n) is 15.9. The molecule has 0 spiro atoms. The van der Waals surface area contributed by atoms with E-state index in [9.17, 15) is 4.79 Å². The Bertz CT molecular complexity index is 785. The van der Waals surface area contributed by atoms with Crippen LogP contribution in [0.5, 0.6) is 5.75 Å². The summed E-state index contributed by atoms with van der Waals surface area (Å²) in [6, 6.07) is 16.4. The minimum Gasteiger partial charge on any atom is -0.497 e. The highest BCUT2D eigenvalue weighted by Crippen LogP contribution is 2.26. The molecule has 142 valence electrons. The Morgan fingerprint density at radius 3 is 2.48 bits per heavy atom. The largest absolute Gasteiger partial charge is 0.497 e. The van der Waals surface area contributed by atoms with Crippen molar-refractivity contribution in [1.29, 1.82) is 0 Å². The lowest BCUT2D eigenvalue weighted by atomic mass is 10.1. The van der Waals surface area contributed by atoms with Gasteiger partial charge in [0.2, 0.25) is 0 Å². The van der Waals surface area contributed by atoms with E-state index in [0.717, 1.165) is 69.1 Å². The summed E-state index contributed by atoms with van der Waals surface area (Å²) in [6.07, 6.45) is 1.02. The molecular weight excluding hydrogens is 338 g/mol. The van der Waals surface area contributed by atoms with E-state index in [4.69, 9.17) is 4.74 Å². The van der Waals surface area contributed by atoms with Crippen LogP contribution in [0.2, 0.25) is 0 Å². The Balaban J connectivity index is 1.23. The fraction of sp³-hybridized carbons (Fsp3) is 0.409. The van der Waals surface area contributed by atoms with E-state index in [1.165, 1.54) is 5.69 Å². The minimum absolute atomic E-state index is 0.137. The topological polar surface area (TPSA) is 36.0 Å². The molecule has 1 fully saturated rings. The number of amides is 1. The number of anilines is 1. The Morgan fingerprint density at radius 2 is 1.74 bits per heavy atom. The van der Waals surface area contributed by atoms with Crippen molar-refractivity contribution in [3.8, 4) is 5.75 Å². The van der Waals surface area contributed by atoms with Crippen molar-refractivity contribution in [3.05, 3.63) is 59.7 Å². The van der Waals surface area contributed by atoms with Gasteiger partial charge in [0.05, 0.1) is 7.11 Å². The lowest BCUT2D eigenvalue weighted by Crippen LogP contribution is -2.47. The third kappa shape index (κ3) is 3.93. The van der Waals surface area contributed by atoms with E-state index < -0.39 is 0 Å². The number of carbonyl (C=O) groups excluding carboxylic acids is 1. The fourth-order valence-corrected chi connectivity index (χ4v) is 4.00. The molecule has 0 aliphatic carbocycles. The van der Waals surface area contributed by atoms with Gasteiger partial charge >= 0.3 is 0 Å². The number of nitrogens with zero attached hydrogens (tertiary/aromatic N) is 3. The highest BCUT2D eigenvalue weighted by Gasteiger charge is 2.27. The first kappa shape index (κ1) is 17.9. The summed E-state index contributed by atoms with van der Waals surface area (Å²) >= 11 is 0. The summed E-state index contributed by atoms with van der Waals surface area (Å²) in [6.45, 7) is 6.89. The Kier molecular flexibility index (Phi) is 5.30. The summed E-state index contributed by atoms with van der Waals surface area (Å²) in [7, 11) is 1.64. The Morgan fingerprint density at radius 1 is 0.963 bits per heavy atom. The van der Waals surface area contributed by atoms with E-state index in [-0.39, 0.29) is 5.91 Å². The van der Waals surface area contributed by atoms with Crippen molar-refractivity contribution in [2.75, 3.05) is 51.3 Å². The van der Waals surface area contributed by atoms with Crippen LogP contribution in [0, 0.1) is 0 Å². The first-order valence-electron chi connectivity index (χ1n) is 9.73. The smallest absolute Gasteiger partial charge is 0.254 e. The van der Waals surface area contributed by atoms with Crippen LogP contribution in [0.1, 0.15) is 22.3 Å². The lowest BCUT2D eigenvalue weighted by molar-refractivity contribution is 0.0770. The maximum absolute atomic E-state index is 12.6. The van der Waals surface area contributed by atoms with Gasteiger partial charge in [0.1, 0.15) is 5.75 Å². The number of methoxy groups -OCH3 is 1. The van der Waals surface area contributed by atoms with Gasteiger partial charge in [-0.1, -0.05) is 24.3 Å². The molecule has 2 aliphatic rings. The molecule has 0 atom stereocenters. The standard InChI is InChI=1S/C22H27N3O2/c1-27-20-9-8-18-17-25(22(26)21(18)16-20)11-5-10-23-12-14-24(15-13-23)19-6-3-2-4-7-19/h2-4,6-9,16H,5,10-15,17H2,1H3. The van der Waals surface area contributed by atoms with Crippen molar-refractivity contribution in [2.24, 2.45) is 0 Å². The van der Waals surface area contributed by atoms with Crippen LogP contribution in [0.4, 0.5) is 5.69 Å². The monoisotopic (exact) mass is 365 g/mol. The van der Waals surface area contributed by atoms with Crippen molar-refractivity contribution in [2.45, 2.75) is 13.0 Å². The van der Waals surface area contributed by atoms with Gasteiger partial charge in [-0.2, -0.15) is 0 Å².